The number of nitrogens with zero attached hydrogens (tertiary/aromatic N) is 4. The first-order valence-corrected chi connectivity index (χ1v) is 7.92. The number of piperidine rings is 1. The number of amides is 1. The van der Waals surface area contributed by atoms with Gasteiger partial charge in [0.1, 0.15) is 0 Å². The maximum atomic E-state index is 12.6. The van der Waals surface area contributed by atoms with Crippen LogP contribution in [-0.4, -0.2) is 52.1 Å². The number of pyridine rings is 1. The zero-order chi connectivity index (χ0) is 16.8. The van der Waals surface area contributed by atoms with Gasteiger partial charge in [0.05, 0.1) is 25.4 Å². The zero-order valence-corrected chi connectivity index (χ0v) is 13.6. The molecule has 0 N–H and O–H groups in total. The van der Waals surface area contributed by atoms with Crippen molar-refractivity contribution in [2.24, 2.45) is 0 Å². The summed E-state index contributed by atoms with van der Waals surface area (Å²) in [5.74, 6) is -0.0765. The number of likely N-dealkylation sites (tertiary alicyclic amines) is 1. The Labute approximate surface area is 140 Å². The highest BCUT2D eigenvalue weighted by atomic mass is 16.5. The summed E-state index contributed by atoms with van der Waals surface area (Å²) in [6.07, 6.45) is 8.41. The Hall–Kier alpha value is -2.54. The van der Waals surface area contributed by atoms with Crippen LogP contribution in [0, 0.1) is 0 Å². The summed E-state index contributed by atoms with van der Waals surface area (Å²) in [5.41, 5.74) is 1.49. The van der Waals surface area contributed by atoms with Crippen LogP contribution in [0.15, 0.2) is 36.9 Å². The van der Waals surface area contributed by atoms with Crippen LogP contribution in [0.1, 0.15) is 28.8 Å². The summed E-state index contributed by atoms with van der Waals surface area (Å²) in [7, 11) is 1.49. The summed E-state index contributed by atoms with van der Waals surface area (Å²) in [4.78, 5) is 26.4. The van der Waals surface area contributed by atoms with E-state index in [1.807, 2.05) is 12.1 Å². The molecular formula is C17H20N4O3. The molecular weight excluding hydrogens is 308 g/mol. The first kappa shape index (κ1) is 16.3. The third-order valence-electron chi connectivity index (χ3n) is 3.93. The first-order valence-electron chi connectivity index (χ1n) is 7.92. The molecule has 7 heteroatoms. The molecule has 1 aliphatic heterocycles. The van der Waals surface area contributed by atoms with E-state index in [9.17, 15) is 4.79 Å². The van der Waals surface area contributed by atoms with Gasteiger partial charge in [-0.3, -0.25) is 9.78 Å². The monoisotopic (exact) mass is 328 g/mol. The van der Waals surface area contributed by atoms with Crippen LogP contribution in [0.3, 0.4) is 0 Å². The number of carbonyl (C=O) groups excluding carboxylic acids is 1. The molecule has 0 aliphatic carbocycles. The molecule has 1 atom stereocenters. The molecule has 0 spiro atoms. The lowest BCUT2D eigenvalue weighted by Gasteiger charge is -2.32. The molecule has 1 fully saturated rings. The van der Waals surface area contributed by atoms with E-state index in [0.717, 1.165) is 24.9 Å². The first-order chi connectivity index (χ1) is 11.8. The van der Waals surface area contributed by atoms with E-state index in [1.54, 1.807) is 17.3 Å². The van der Waals surface area contributed by atoms with E-state index >= 15 is 0 Å². The Balaban J connectivity index is 1.57. The zero-order valence-electron chi connectivity index (χ0n) is 13.6. The van der Waals surface area contributed by atoms with Crippen LogP contribution in [-0.2, 0) is 11.3 Å². The molecule has 1 aliphatic rings. The number of rotatable bonds is 5. The molecule has 2 aromatic rings. The average Bonchev–Trinajstić information content (AvgIpc) is 2.67. The number of methoxy groups -OCH3 is 1. The Morgan fingerprint density at radius 2 is 2.17 bits per heavy atom. The third-order valence-corrected chi connectivity index (χ3v) is 3.93. The van der Waals surface area contributed by atoms with Gasteiger partial charge in [0.25, 0.3) is 5.91 Å². The van der Waals surface area contributed by atoms with Gasteiger partial charge in [-0.25, -0.2) is 9.97 Å². The molecule has 7 nitrogen and oxygen atoms in total. The van der Waals surface area contributed by atoms with Crippen molar-refractivity contribution in [2.75, 3.05) is 20.2 Å². The van der Waals surface area contributed by atoms with Crippen LogP contribution in [0.5, 0.6) is 6.01 Å². The third kappa shape index (κ3) is 4.05. The molecule has 0 saturated carbocycles. The number of carbonyl (C=O) groups is 1. The minimum Gasteiger partial charge on any atom is -0.467 e. The topological polar surface area (TPSA) is 77.4 Å². The van der Waals surface area contributed by atoms with E-state index in [0.29, 0.717) is 18.7 Å². The highest BCUT2D eigenvalue weighted by Crippen LogP contribution is 2.17. The van der Waals surface area contributed by atoms with Gasteiger partial charge < -0.3 is 14.4 Å². The van der Waals surface area contributed by atoms with Crippen LogP contribution in [0.2, 0.25) is 0 Å². The number of ether oxygens (including phenoxy) is 2. The molecule has 2 aromatic heterocycles. The van der Waals surface area contributed by atoms with E-state index in [2.05, 4.69) is 15.0 Å². The molecule has 3 rings (SSSR count). The summed E-state index contributed by atoms with van der Waals surface area (Å²) in [6, 6.07) is 4.12. The van der Waals surface area contributed by atoms with Gasteiger partial charge in [0.2, 0.25) is 0 Å². The molecule has 0 aromatic carbocycles. The van der Waals surface area contributed by atoms with Crippen molar-refractivity contribution in [3.63, 3.8) is 0 Å². The van der Waals surface area contributed by atoms with Crippen LogP contribution in [0.4, 0.5) is 0 Å². The molecule has 0 bridgehead atoms. The smallest absolute Gasteiger partial charge is 0.316 e. The standard InChI is InChI=1S/C17H20N4O3/c1-23-17-19-9-14(10-20-17)16(22)21-7-3-5-15(11-21)24-12-13-4-2-6-18-8-13/h2,4,6,8-10,15H,3,5,7,11-12H2,1H3/t15-/m0/s1. The van der Waals surface area contributed by atoms with Crippen molar-refractivity contribution in [3.05, 3.63) is 48.0 Å². The molecule has 126 valence electrons. The van der Waals surface area contributed by atoms with Gasteiger partial charge in [0, 0.05) is 37.9 Å². The molecule has 24 heavy (non-hydrogen) atoms. The van der Waals surface area contributed by atoms with Gasteiger partial charge in [-0.2, -0.15) is 0 Å². The maximum Gasteiger partial charge on any atom is 0.316 e. The summed E-state index contributed by atoms with van der Waals surface area (Å²) in [6.45, 7) is 1.80. The van der Waals surface area contributed by atoms with Gasteiger partial charge in [-0.05, 0) is 24.5 Å². The van der Waals surface area contributed by atoms with Gasteiger partial charge in [0.15, 0.2) is 0 Å². The maximum absolute atomic E-state index is 12.6. The molecule has 1 saturated heterocycles. The van der Waals surface area contributed by atoms with E-state index in [1.165, 1.54) is 19.5 Å². The molecule has 1 amide bonds. The summed E-state index contributed by atoms with van der Waals surface area (Å²) in [5, 5.41) is 0. The van der Waals surface area contributed by atoms with Crippen molar-refractivity contribution in [1.82, 2.24) is 19.9 Å². The normalized spacial score (nSPS) is 17.5. The largest absolute Gasteiger partial charge is 0.467 e. The second-order valence-electron chi connectivity index (χ2n) is 5.65. The van der Waals surface area contributed by atoms with Crippen molar-refractivity contribution >= 4 is 5.91 Å². The fourth-order valence-electron chi connectivity index (χ4n) is 2.67. The lowest BCUT2D eigenvalue weighted by molar-refractivity contribution is -0.00684. The van der Waals surface area contributed by atoms with Gasteiger partial charge in [-0.1, -0.05) is 6.07 Å². The van der Waals surface area contributed by atoms with E-state index in [-0.39, 0.29) is 18.0 Å². The second kappa shape index (κ2) is 7.83. The quantitative estimate of drug-likeness (QED) is 0.831. The van der Waals surface area contributed by atoms with Crippen molar-refractivity contribution in [2.45, 2.75) is 25.6 Å². The highest BCUT2D eigenvalue weighted by Gasteiger charge is 2.25. The Morgan fingerprint density at radius 3 is 2.88 bits per heavy atom. The van der Waals surface area contributed by atoms with Crippen LogP contribution in [0.25, 0.3) is 0 Å². The van der Waals surface area contributed by atoms with E-state index < -0.39 is 0 Å². The Morgan fingerprint density at radius 1 is 1.33 bits per heavy atom. The van der Waals surface area contributed by atoms with Crippen molar-refractivity contribution < 1.29 is 14.3 Å². The Bertz CT molecular complexity index is 663. The predicted molar refractivity (Wildman–Crippen MR) is 86.5 cm³/mol. The highest BCUT2D eigenvalue weighted by molar-refractivity contribution is 5.93. The van der Waals surface area contributed by atoms with Crippen LogP contribution < -0.4 is 4.74 Å². The Kier molecular flexibility index (Phi) is 5.32. The lowest BCUT2D eigenvalue weighted by Crippen LogP contribution is -2.43. The van der Waals surface area contributed by atoms with Crippen LogP contribution >= 0.6 is 0 Å². The molecule has 0 radical (unpaired) electrons. The number of hydrogen-bond donors (Lipinski definition) is 0. The van der Waals surface area contributed by atoms with Crippen molar-refractivity contribution in [3.8, 4) is 6.01 Å². The number of aromatic nitrogens is 3. The van der Waals surface area contributed by atoms with Gasteiger partial charge in [-0.15, -0.1) is 0 Å². The average molecular weight is 328 g/mol. The summed E-state index contributed by atoms with van der Waals surface area (Å²) < 4.78 is 10.8. The minimum atomic E-state index is -0.0765. The fraction of sp³-hybridized carbons (Fsp3) is 0.412. The van der Waals surface area contributed by atoms with Crippen molar-refractivity contribution in [1.29, 1.82) is 0 Å². The number of hydrogen-bond acceptors (Lipinski definition) is 6. The molecule has 0 unspecified atom stereocenters. The predicted octanol–water partition coefficient (Wildman–Crippen LogP) is 1.70. The molecule has 3 heterocycles. The summed E-state index contributed by atoms with van der Waals surface area (Å²) >= 11 is 0. The van der Waals surface area contributed by atoms with Gasteiger partial charge >= 0.3 is 6.01 Å². The van der Waals surface area contributed by atoms with E-state index in [4.69, 9.17) is 9.47 Å². The SMILES string of the molecule is COc1ncc(C(=O)N2CCC[C@H](OCc3cccnc3)C2)cn1. The lowest BCUT2D eigenvalue weighted by atomic mass is 10.1. The minimum absolute atomic E-state index is 0.0297. The fourth-order valence-corrected chi connectivity index (χ4v) is 2.67. The second-order valence-corrected chi connectivity index (χ2v) is 5.65.